The van der Waals surface area contributed by atoms with Crippen LogP contribution < -0.4 is 5.32 Å². The third-order valence-electron chi connectivity index (χ3n) is 2.67. The molecule has 4 nitrogen and oxygen atoms in total. The number of hydrogen-bond acceptors (Lipinski definition) is 3. The van der Waals surface area contributed by atoms with E-state index in [1.807, 2.05) is 12.1 Å². The summed E-state index contributed by atoms with van der Waals surface area (Å²) in [6, 6.07) is 10.5. The molecule has 0 radical (unpaired) electrons. The van der Waals surface area contributed by atoms with Gasteiger partial charge in [-0.2, -0.15) is 0 Å². The monoisotopic (exact) mass is 279 g/mol. The summed E-state index contributed by atoms with van der Waals surface area (Å²) in [4.78, 5) is 11.7. The van der Waals surface area contributed by atoms with E-state index in [1.54, 1.807) is 24.3 Å². The summed E-state index contributed by atoms with van der Waals surface area (Å²) in [6.07, 6.45) is 0.819. The molecule has 0 aliphatic heterocycles. The van der Waals surface area contributed by atoms with Crippen LogP contribution in [0.5, 0.6) is 0 Å². The van der Waals surface area contributed by atoms with Gasteiger partial charge < -0.3 is 14.8 Å². The van der Waals surface area contributed by atoms with Crippen LogP contribution in [0.2, 0.25) is 5.02 Å². The minimum absolute atomic E-state index is 0.108. The van der Waals surface area contributed by atoms with Gasteiger partial charge in [0.1, 0.15) is 11.9 Å². The largest absolute Gasteiger partial charge is 0.467 e. The zero-order chi connectivity index (χ0) is 13.7. The molecule has 1 amide bonds. The van der Waals surface area contributed by atoms with Crippen molar-refractivity contribution in [3.63, 3.8) is 0 Å². The van der Waals surface area contributed by atoms with Crippen LogP contribution in [0.3, 0.4) is 0 Å². The Kier molecular flexibility index (Phi) is 4.60. The minimum Gasteiger partial charge on any atom is -0.467 e. The SMILES string of the molecule is O=C(Cc1ccccc1Cl)NCC(O)c1ccco1. The van der Waals surface area contributed by atoms with Gasteiger partial charge in [0.2, 0.25) is 5.91 Å². The van der Waals surface area contributed by atoms with Crippen LogP contribution in [0.15, 0.2) is 47.1 Å². The third kappa shape index (κ3) is 3.84. The average Bonchev–Trinajstić information content (AvgIpc) is 2.93. The van der Waals surface area contributed by atoms with Crippen LogP contribution in [0.4, 0.5) is 0 Å². The van der Waals surface area contributed by atoms with E-state index in [1.165, 1.54) is 6.26 Å². The first-order valence-electron chi connectivity index (χ1n) is 5.88. The van der Waals surface area contributed by atoms with Crippen LogP contribution in [0, 0.1) is 0 Å². The molecule has 1 aromatic heterocycles. The molecule has 0 fully saturated rings. The highest BCUT2D eigenvalue weighted by atomic mass is 35.5. The third-order valence-corrected chi connectivity index (χ3v) is 3.04. The first kappa shape index (κ1) is 13.6. The first-order valence-corrected chi connectivity index (χ1v) is 6.26. The highest BCUT2D eigenvalue weighted by molar-refractivity contribution is 6.31. The maximum atomic E-state index is 11.7. The normalized spacial score (nSPS) is 12.1. The van der Waals surface area contributed by atoms with Crippen LogP contribution in [-0.2, 0) is 11.2 Å². The average molecular weight is 280 g/mol. The second-order valence-corrected chi connectivity index (χ2v) is 4.51. The number of furan rings is 1. The molecular formula is C14H14ClNO3. The number of aliphatic hydroxyl groups excluding tert-OH is 1. The Morgan fingerprint density at radius 2 is 2.11 bits per heavy atom. The molecule has 0 aliphatic rings. The minimum atomic E-state index is -0.842. The van der Waals surface area contributed by atoms with Crippen molar-refractivity contribution in [1.82, 2.24) is 5.32 Å². The number of hydrogen-bond donors (Lipinski definition) is 2. The molecule has 1 atom stereocenters. The highest BCUT2D eigenvalue weighted by Gasteiger charge is 2.12. The van der Waals surface area contributed by atoms with E-state index >= 15 is 0 Å². The second kappa shape index (κ2) is 6.41. The lowest BCUT2D eigenvalue weighted by molar-refractivity contribution is -0.120. The van der Waals surface area contributed by atoms with E-state index in [9.17, 15) is 9.90 Å². The Bertz CT molecular complexity index is 539. The molecule has 1 aromatic carbocycles. The molecule has 1 unspecified atom stereocenters. The van der Waals surface area contributed by atoms with Crippen molar-refractivity contribution in [2.75, 3.05) is 6.54 Å². The Morgan fingerprint density at radius 3 is 2.79 bits per heavy atom. The Balaban J connectivity index is 1.84. The van der Waals surface area contributed by atoms with E-state index < -0.39 is 6.10 Å². The summed E-state index contributed by atoms with van der Waals surface area (Å²) in [5.41, 5.74) is 0.758. The predicted molar refractivity (Wildman–Crippen MR) is 71.8 cm³/mol. The molecule has 1 heterocycles. The first-order chi connectivity index (χ1) is 9.16. The van der Waals surface area contributed by atoms with Crippen LogP contribution >= 0.6 is 11.6 Å². The van der Waals surface area contributed by atoms with E-state index in [0.29, 0.717) is 10.8 Å². The van der Waals surface area contributed by atoms with Crippen LogP contribution in [0.1, 0.15) is 17.4 Å². The molecular weight excluding hydrogens is 266 g/mol. The number of benzene rings is 1. The summed E-state index contributed by atoms with van der Waals surface area (Å²) in [7, 11) is 0. The van der Waals surface area contributed by atoms with E-state index in [4.69, 9.17) is 16.0 Å². The zero-order valence-electron chi connectivity index (χ0n) is 10.2. The van der Waals surface area contributed by atoms with Crippen molar-refractivity contribution >= 4 is 17.5 Å². The van der Waals surface area contributed by atoms with E-state index in [2.05, 4.69) is 5.32 Å². The molecule has 0 saturated carbocycles. The zero-order valence-corrected chi connectivity index (χ0v) is 10.9. The van der Waals surface area contributed by atoms with Crippen molar-refractivity contribution in [3.8, 4) is 0 Å². The lowest BCUT2D eigenvalue weighted by Crippen LogP contribution is -2.29. The number of carbonyl (C=O) groups is 1. The van der Waals surface area contributed by atoms with Gasteiger partial charge in [0.25, 0.3) is 0 Å². The van der Waals surface area contributed by atoms with Gasteiger partial charge in [-0.05, 0) is 23.8 Å². The molecule has 19 heavy (non-hydrogen) atoms. The van der Waals surface area contributed by atoms with Gasteiger partial charge in [0.15, 0.2) is 0 Å². The molecule has 0 bridgehead atoms. The van der Waals surface area contributed by atoms with Gasteiger partial charge in [-0.3, -0.25) is 4.79 Å². The molecule has 2 aromatic rings. The fourth-order valence-corrected chi connectivity index (χ4v) is 1.87. The van der Waals surface area contributed by atoms with E-state index in [0.717, 1.165) is 5.56 Å². The Hall–Kier alpha value is -1.78. The lowest BCUT2D eigenvalue weighted by atomic mass is 10.1. The summed E-state index contributed by atoms with van der Waals surface area (Å²) < 4.78 is 5.04. The molecule has 2 rings (SSSR count). The van der Waals surface area contributed by atoms with Crippen molar-refractivity contribution in [2.24, 2.45) is 0 Å². The summed E-state index contributed by atoms with van der Waals surface area (Å²) in [5, 5.41) is 12.9. The van der Waals surface area contributed by atoms with Gasteiger partial charge in [-0.1, -0.05) is 29.8 Å². The topological polar surface area (TPSA) is 62.5 Å². The predicted octanol–water partition coefficient (Wildman–Crippen LogP) is 2.33. The van der Waals surface area contributed by atoms with Crippen molar-refractivity contribution in [1.29, 1.82) is 0 Å². The second-order valence-electron chi connectivity index (χ2n) is 4.10. The number of nitrogens with one attached hydrogen (secondary N) is 1. The molecule has 0 aliphatic carbocycles. The molecule has 5 heteroatoms. The van der Waals surface area contributed by atoms with Gasteiger partial charge in [-0.25, -0.2) is 0 Å². The van der Waals surface area contributed by atoms with E-state index in [-0.39, 0.29) is 18.9 Å². The molecule has 100 valence electrons. The van der Waals surface area contributed by atoms with Gasteiger partial charge >= 0.3 is 0 Å². The molecule has 0 spiro atoms. The summed E-state index contributed by atoms with van der Waals surface area (Å²) in [6.45, 7) is 0.108. The number of halogens is 1. The molecule has 0 saturated heterocycles. The van der Waals surface area contributed by atoms with Gasteiger partial charge in [0.05, 0.1) is 19.2 Å². The standard InChI is InChI=1S/C14H14ClNO3/c15-11-5-2-1-4-10(11)8-14(18)16-9-12(17)13-6-3-7-19-13/h1-7,12,17H,8-9H2,(H,16,18). The number of amides is 1. The van der Waals surface area contributed by atoms with Gasteiger partial charge in [0, 0.05) is 5.02 Å². The fourth-order valence-electron chi connectivity index (χ4n) is 1.67. The summed E-state index contributed by atoms with van der Waals surface area (Å²) in [5.74, 6) is 0.233. The quantitative estimate of drug-likeness (QED) is 0.883. The van der Waals surface area contributed by atoms with Crippen molar-refractivity contribution < 1.29 is 14.3 Å². The smallest absolute Gasteiger partial charge is 0.224 e. The number of rotatable bonds is 5. The van der Waals surface area contributed by atoms with Crippen molar-refractivity contribution in [3.05, 3.63) is 59.0 Å². The van der Waals surface area contributed by atoms with Gasteiger partial charge in [-0.15, -0.1) is 0 Å². The number of carbonyl (C=O) groups excluding carboxylic acids is 1. The van der Waals surface area contributed by atoms with Crippen LogP contribution in [-0.4, -0.2) is 17.6 Å². The van der Waals surface area contributed by atoms with Crippen molar-refractivity contribution in [2.45, 2.75) is 12.5 Å². The Labute approximate surface area is 116 Å². The maximum Gasteiger partial charge on any atom is 0.224 e. The van der Waals surface area contributed by atoms with Crippen LogP contribution in [0.25, 0.3) is 0 Å². The Morgan fingerprint density at radius 1 is 1.32 bits per heavy atom. The maximum absolute atomic E-state index is 11.7. The molecule has 2 N–H and O–H groups in total. The fraction of sp³-hybridized carbons (Fsp3) is 0.214. The lowest BCUT2D eigenvalue weighted by Gasteiger charge is -2.10. The number of aliphatic hydroxyl groups is 1. The summed E-state index contributed by atoms with van der Waals surface area (Å²) >= 11 is 5.97. The highest BCUT2D eigenvalue weighted by Crippen LogP contribution is 2.15.